The van der Waals surface area contributed by atoms with Crippen molar-refractivity contribution >= 4 is 15.9 Å². The van der Waals surface area contributed by atoms with Crippen molar-refractivity contribution in [3.63, 3.8) is 0 Å². The zero-order valence-corrected chi connectivity index (χ0v) is 13.4. The number of nitrogens with zero attached hydrogens (tertiary/aromatic N) is 2. The van der Waals surface area contributed by atoms with Crippen LogP contribution in [0.15, 0.2) is 41.4 Å². The van der Waals surface area contributed by atoms with Crippen LogP contribution in [0.25, 0.3) is 0 Å². The van der Waals surface area contributed by atoms with Crippen LogP contribution in [0.5, 0.6) is 11.5 Å². The van der Waals surface area contributed by atoms with Crippen LogP contribution >= 0.6 is 15.9 Å². The van der Waals surface area contributed by atoms with Crippen molar-refractivity contribution in [3.05, 3.63) is 47.0 Å². The third-order valence-corrected chi connectivity index (χ3v) is 3.37. The van der Waals surface area contributed by atoms with Crippen LogP contribution in [0.2, 0.25) is 0 Å². The second kappa shape index (κ2) is 8.59. The summed E-state index contributed by atoms with van der Waals surface area (Å²) in [6.45, 7) is 0.828. The van der Waals surface area contributed by atoms with Crippen LogP contribution in [0.1, 0.15) is 12.0 Å². The number of halogens is 1. The number of aromatic nitrogens is 2. The molecule has 2 heterocycles. The van der Waals surface area contributed by atoms with Crippen LogP contribution in [0.4, 0.5) is 0 Å². The number of methoxy groups -OCH3 is 1. The smallest absolute Gasteiger partial charge is 0.188 e. The molecule has 0 radical (unpaired) electrons. The van der Waals surface area contributed by atoms with Crippen LogP contribution in [-0.4, -0.2) is 30.5 Å². The maximum Gasteiger partial charge on any atom is 0.188 e. The summed E-state index contributed by atoms with van der Waals surface area (Å²) in [5.41, 5.74) is 1.09. The quantitative estimate of drug-likeness (QED) is 0.414. The van der Waals surface area contributed by atoms with Crippen LogP contribution < -0.4 is 9.47 Å². The van der Waals surface area contributed by atoms with E-state index in [2.05, 4.69) is 25.9 Å². The molecule has 0 spiro atoms. The van der Waals surface area contributed by atoms with Gasteiger partial charge in [0.1, 0.15) is 10.4 Å². The topological polar surface area (TPSA) is 53.5 Å². The Morgan fingerprint density at radius 3 is 2.86 bits per heavy atom. The summed E-state index contributed by atoms with van der Waals surface area (Å²) in [4.78, 5) is 8.17. The minimum atomic E-state index is 0.220. The highest BCUT2D eigenvalue weighted by molar-refractivity contribution is 9.10. The predicted octanol–water partition coefficient (Wildman–Crippen LogP) is 3.23. The summed E-state index contributed by atoms with van der Waals surface area (Å²) in [5, 5.41) is 0. The Bertz CT molecular complexity index is 566. The Labute approximate surface area is 132 Å². The van der Waals surface area contributed by atoms with Gasteiger partial charge in [0, 0.05) is 19.5 Å². The molecule has 0 atom stereocenters. The molecule has 6 heteroatoms. The molecule has 0 fully saturated rings. The molecule has 0 bridgehead atoms. The van der Waals surface area contributed by atoms with Gasteiger partial charge >= 0.3 is 0 Å². The molecule has 2 aromatic rings. The third kappa shape index (κ3) is 4.99. The second-order valence-electron chi connectivity index (χ2n) is 4.28. The van der Waals surface area contributed by atoms with Crippen molar-refractivity contribution in [1.82, 2.24) is 9.97 Å². The summed E-state index contributed by atoms with van der Waals surface area (Å²) in [6, 6.07) is 5.68. The minimum absolute atomic E-state index is 0.220. The second-order valence-corrected chi connectivity index (χ2v) is 5.03. The van der Waals surface area contributed by atoms with Gasteiger partial charge in [-0.2, -0.15) is 0 Å². The van der Waals surface area contributed by atoms with Gasteiger partial charge in [0.05, 0.1) is 12.8 Å². The number of rotatable bonds is 8. The fourth-order valence-corrected chi connectivity index (χ4v) is 2.16. The van der Waals surface area contributed by atoms with Crippen molar-refractivity contribution in [2.45, 2.75) is 12.8 Å². The highest BCUT2D eigenvalue weighted by atomic mass is 79.9. The van der Waals surface area contributed by atoms with E-state index in [1.165, 1.54) is 0 Å². The lowest BCUT2D eigenvalue weighted by atomic mass is 10.1. The molecule has 0 aliphatic heterocycles. The molecule has 0 aromatic carbocycles. The molecule has 112 valence electrons. The fourth-order valence-electron chi connectivity index (χ4n) is 1.79. The Morgan fingerprint density at radius 2 is 2.05 bits per heavy atom. The maximum absolute atomic E-state index is 5.69. The lowest BCUT2D eigenvalue weighted by molar-refractivity contribution is 0.0501. The van der Waals surface area contributed by atoms with Gasteiger partial charge in [0.15, 0.2) is 12.5 Å². The van der Waals surface area contributed by atoms with E-state index in [-0.39, 0.29) is 6.79 Å². The molecule has 0 amide bonds. The van der Waals surface area contributed by atoms with Gasteiger partial charge in [0.2, 0.25) is 0 Å². The molecular formula is C15H17BrN2O3. The molecule has 2 aromatic heterocycles. The zero-order chi connectivity index (χ0) is 14.9. The summed E-state index contributed by atoms with van der Waals surface area (Å²) < 4.78 is 16.8. The van der Waals surface area contributed by atoms with Gasteiger partial charge in [-0.15, -0.1) is 0 Å². The van der Waals surface area contributed by atoms with Crippen molar-refractivity contribution < 1.29 is 14.2 Å². The van der Waals surface area contributed by atoms with E-state index >= 15 is 0 Å². The normalized spacial score (nSPS) is 10.4. The first kappa shape index (κ1) is 15.7. The zero-order valence-electron chi connectivity index (χ0n) is 11.8. The van der Waals surface area contributed by atoms with E-state index in [0.29, 0.717) is 6.61 Å². The SMILES string of the molecule is COCOc1cnccc1CCCOc1cccnc1Br. The molecule has 0 aliphatic carbocycles. The number of aryl methyl sites for hydroxylation is 1. The lowest BCUT2D eigenvalue weighted by Crippen LogP contribution is -2.04. The largest absolute Gasteiger partial charge is 0.491 e. The van der Waals surface area contributed by atoms with Crippen molar-refractivity contribution in [1.29, 1.82) is 0 Å². The van der Waals surface area contributed by atoms with E-state index < -0.39 is 0 Å². The average molecular weight is 353 g/mol. The molecule has 0 aliphatic rings. The Hall–Kier alpha value is -1.66. The molecular weight excluding hydrogens is 336 g/mol. The van der Waals surface area contributed by atoms with Crippen molar-refractivity contribution in [2.24, 2.45) is 0 Å². The first-order valence-electron chi connectivity index (χ1n) is 6.59. The lowest BCUT2D eigenvalue weighted by Gasteiger charge is -2.10. The first-order chi connectivity index (χ1) is 10.3. The molecule has 0 saturated heterocycles. The number of ether oxygens (including phenoxy) is 3. The summed E-state index contributed by atoms with van der Waals surface area (Å²) in [6.07, 6.45) is 6.89. The Balaban J connectivity index is 1.82. The minimum Gasteiger partial charge on any atom is -0.491 e. The number of hydrogen-bond acceptors (Lipinski definition) is 5. The van der Waals surface area contributed by atoms with E-state index in [0.717, 1.165) is 34.5 Å². The monoisotopic (exact) mass is 352 g/mol. The van der Waals surface area contributed by atoms with E-state index in [9.17, 15) is 0 Å². The fraction of sp³-hybridized carbons (Fsp3) is 0.333. The summed E-state index contributed by atoms with van der Waals surface area (Å²) in [7, 11) is 1.59. The molecule has 2 rings (SSSR count). The van der Waals surface area contributed by atoms with Gasteiger partial charge in [-0.1, -0.05) is 0 Å². The van der Waals surface area contributed by atoms with Gasteiger partial charge in [-0.3, -0.25) is 4.98 Å². The summed E-state index contributed by atoms with van der Waals surface area (Å²) >= 11 is 3.36. The van der Waals surface area contributed by atoms with Crippen molar-refractivity contribution in [2.75, 3.05) is 20.5 Å². The van der Waals surface area contributed by atoms with Crippen LogP contribution in [0.3, 0.4) is 0 Å². The average Bonchev–Trinajstić information content (AvgIpc) is 2.52. The molecule has 0 unspecified atom stereocenters. The van der Waals surface area contributed by atoms with Gasteiger partial charge in [-0.25, -0.2) is 4.98 Å². The van der Waals surface area contributed by atoms with Gasteiger partial charge in [0.25, 0.3) is 0 Å². The van der Waals surface area contributed by atoms with Crippen LogP contribution in [-0.2, 0) is 11.2 Å². The number of hydrogen-bond donors (Lipinski definition) is 0. The third-order valence-electron chi connectivity index (χ3n) is 2.78. The highest BCUT2D eigenvalue weighted by Crippen LogP contribution is 2.22. The Morgan fingerprint density at radius 1 is 1.14 bits per heavy atom. The number of pyridine rings is 2. The van der Waals surface area contributed by atoms with Gasteiger partial charge < -0.3 is 14.2 Å². The van der Waals surface area contributed by atoms with E-state index in [4.69, 9.17) is 14.2 Å². The molecule has 5 nitrogen and oxygen atoms in total. The van der Waals surface area contributed by atoms with Crippen molar-refractivity contribution in [3.8, 4) is 11.5 Å². The molecule has 0 saturated carbocycles. The first-order valence-corrected chi connectivity index (χ1v) is 7.38. The van der Waals surface area contributed by atoms with Gasteiger partial charge in [-0.05, 0) is 52.5 Å². The standard InChI is InChI=1S/C15H17BrN2O3/c1-19-11-21-14-10-17-8-6-12(14)4-3-9-20-13-5-2-7-18-15(13)16/h2,5-8,10H,3-4,9,11H2,1H3. The van der Waals surface area contributed by atoms with E-state index in [1.54, 1.807) is 25.7 Å². The Kier molecular flexibility index (Phi) is 6.43. The molecule has 21 heavy (non-hydrogen) atoms. The maximum atomic E-state index is 5.69. The predicted molar refractivity (Wildman–Crippen MR) is 82.5 cm³/mol. The highest BCUT2D eigenvalue weighted by Gasteiger charge is 2.05. The summed E-state index contributed by atoms with van der Waals surface area (Å²) in [5.74, 6) is 1.50. The van der Waals surface area contributed by atoms with Crippen LogP contribution in [0, 0.1) is 0 Å². The van der Waals surface area contributed by atoms with E-state index in [1.807, 2.05) is 18.2 Å². The molecule has 0 N–H and O–H groups in total.